The van der Waals surface area contributed by atoms with Crippen LogP contribution >= 0.6 is 15.9 Å². The molecule has 16 heavy (non-hydrogen) atoms. The Bertz CT molecular complexity index is 546. The van der Waals surface area contributed by atoms with E-state index >= 15 is 0 Å². The fraction of sp³-hybridized carbons (Fsp3) is 0.0833. The number of rotatable bonds is 2. The molecule has 0 spiro atoms. The lowest BCUT2D eigenvalue weighted by Gasteiger charge is -1.99. The molecule has 1 aromatic carbocycles. The summed E-state index contributed by atoms with van der Waals surface area (Å²) < 4.78 is 2.56. The van der Waals surface area contributed by atoms with Gasteiger partial charge in [-0.05, 0) is 17.7 Å². The van der Waals surface area contributed by atoms with E-state index in [4.69, 9.17) is 5.11 Å². The fourth-order valence-electron chi connectivity index (χ4n) is 1.62. The van der Waals surface area contributed by atoms with E-state index < -0.39 is 5.97 Å². The number of nitrogens with zero attached hydrogens (tertiary/aromatic N) is 1. The van der Waals surface area contributed by atoms with E-state index in [-0.39, 0.29) is 5.69 Å². The summed E-state index contributed by atoms with van der Waals surface area (Å²) in [5, 5.41) is 8.96. The zero-order valence-corrected chi connectivity index (χ0v) is 10.2. The first-order valence-electron chi connectivity index (χ1n) is 4.74. The molecule has 4 heteroatoms. The number of aromatic nitrogens is 1. The Balaban J connectivity index is 2.54. The molecule has 0 aliphatic carbocycles. The lowest BCUT2D eigenvalue weighted by Crippen LogP contribution is -2.02. The van der Waals surface area contributed by atoms with E-state index in [1.807, 2.05) is 30.5 Å². The lowest BCUT2D eigenvalue weighted by atomic mass is 10.1. The third kappa shape index (κ3) is 1.88. The van der Waals surface area contributed by atoms with Crippen molar-refractivity contribution in [2.24, 2.45) is 7.05 Å². The van der Waals surface area contributed by atoms with Gasteiger partial charge in [-0.1, -0.05) is 34.1 Å². The number of carboxylic acid groups (broad SMARTS) is 1. The molecule has 0 aliphatic rings. The normalized spacial score (nSPS) is 10.4. The Hall–Kier alpha value is -1.55. The van der Waals surface area contributed by atoms with E-state index in [1.165, 1.54) is 0 Å². The van der Waals surface area contributed by atoms with Crippen LogP contribution < -0.4 is 0 Å². The van der Waals surface area contributed by atoms with Crippen molar-refractivity contribution in [1.82, 2.24) is 4.57 Å². The molecule has 3 nitrogen and oxygen atoms in total. The summed E-state index contributed by atoms with van der Waals surface area (Å²) in [5.74, 6) is -0.916. The number of hydrogen-bond donors (Lipinski definition) is 1. The van der Waals surface area contributed by atoms with E-state index in [0.29, 0.717) is 0 Å². The number of aryl methyl sites for hydroxylation is 1. The van der Waals surface area contributed by atoms with Crippen molar-refractivity contribution in [3.63, 3.8) is 0 Å². The van der Waals surface area contributed by atoms with Gasteiger partial charge >= 0.3 is 5.97 Å². The molecule has 0 saturated heterocycles. The SMILES string of the molecule is Cn1cc(-c2ccccc2Br)cc1C(=O)O. The van der Waals surface area contributed by atoms with Crippen LogP contribution in [0.5, 0.6) is 0 Å². The maximum Gasteiger partial charge on any atom is 0.352 e. The summed E-state index contributed by atoms with van der Waals surface area (Å²) in [5.41, 5.74) is 2.17. The highest BCUT2D eigenvalue weighted by Gasteiger charge is 2.12. The molecule has 0 saturated carbocycles. The predicted octanol–water partition coefficient (Wildman–Crippen LogP) is 3.15. The predicted molar refractivity (Wildman–Crippen MR) is 65.5 cm³/mol. The maximum atomic E-state index is 10.9. The standard InChI is InChI=1S/C12H10BrNO2/c1-14-7-8(6-11(14)12(15)16)9-4-2-3-5-10(9)13/h2-7H,1H3,(H,15,16). The number of hydrogen-bond acceptors (Lipinski definition) is 1. The number of carboxylic acids is 1. The van der Waals surface area contributed by atoms with Crippen molar-refractivity contribution in [2.75, 3.05) is 0 Å². The van der Waals surface area contributed by atoms with Gasteiger partial charge in [0.25, 0.3) is 0 Å². The molecular weight excluding hydrogens is 270 g/mol. The maximum absolute atomic E-state index is 10.9. The van der Waals surface area contributed by atoms with Crippen molar-refractivity contribution in [3.05, 3.63) is 46.7 Å². The third-order valence-electron chi connectivity index (χ3n) is 2.41. The molecule has 0 bridgehead atoms. The number of carbonyl (C=O) groups is 1. The highest BCUT2D eigenvalue weighted by Crippen LogP contribution is 2.29. The smallest absolute Gasteiger partial charge is 0.352 e. The van der Waals surface area contributed by atoms with Crippen LogP contribution in [0.3, 0.4) is 0 Å². The molecule has 0 fully saturated rings. The summed E-state index contributed by atoms with van der Waals surface area (Å²) in [6.45, 7) is 0. The van der Waals surface area contributed by atoms with Crippen LogP contribution in [0.2, 0.25) is 0 Å². The highest BCUT2D eigenvalue weighted by atomic mass is 79.9. The summed E-state index contributed by atoms with van der Waals surface area (Å²) in [6, 6.07) is 9.40. The van der Waals surface area contributed by atoms with Gasteiger partial charge < -0.3 is 9.67 Å². The van der Waals surface area contributed by atoms with Crippen molar-refractivity contribution >= 4 is 21.9 Å². The fourth-order valence-corrected chi connectivity index (χ4v) is 2.13. The van der Waals surface area contributed by atoms with Crippen LogP contribution in [0.25, 0.3) is 11.1 Å². The second-order valence-electron chi connectivity index (χ2n) is 3.51. The molecule has 0 unspecified atom stereocenters. The van der Waals surface area contributed by atoms with Crippen molar-refractivity contribution < 1.29 is 9.90 Å². The van der Waals surface area contributed by atoms with Gasteiger partial charge in [-0.2, -0.15) is 0 Å². The van der Waals surface area contributed by atoms with Crippen molar-refractivity contribution in [1.29, 1.82) is 0 Å². The molecule has 0 amide bonds. The van der Waals surface area contributed by atoms with Crippen molar-refractivity contribution in [2.45, 2.75) is 0 Å². The second-order valence-corrected chi connectivity index (χ2v) is 4.36. The Morgan fingerprint density at radius 1 is 1.38 bits per heavy atom. The van der Waals surface area contributed by atoms with Gasteiger partial charge in [-0.3, -0.25) is 0 Å². The van der Waals surface area contributed by atoms with Crippen LogP contribution in [0.15, 0.2) is 41.0 Å². The average molecular weight is 280 g/mol. The largest absolute Gasteiger partial charge is 0.477 e. The quantitative estimate of drug-likeness (QED) is 0.918. The highest BCUT2D eigenvalue weighted by molar-refractivity contribution is 9.10. The number of benzene rings is 1. The minimum Gasteiger partial charge on any atom is -0.477 e. The zero-order valence-electron chi connectivity index (χ0n) is 8.64. The van der Waals surface area contributed by atoms with Crippen LogP contribution in [-0.2, 0) is 7.05 Å². The van der Waals surface area contributed by atoms with Gasteiger partial charge in [-0.25, -0.2) is 4.79 Å². The molecule has 2 rings (SSSR count). The first-order valence-corrected chi connectivity index (χ1v) is 5.53. The topological polar surface area (TPSA) is 42.2 Å². The van der Waals surface area contributed by atoms with Gasteiger partial charge in [0.15, 0.2) is 0 Å². The van der Waals surface area contributed by atoms with E-state index in [0.717, 1.165) is 15.6 Å². The van der Waals surface area contributed by atoms with Gasteiger partial charge in [-0.15, -0.1) is 0 Å². The molecule has 82 valence electrons. The third-order valence-corrected chi connectivity index (χ3v) is 3.10. The number of aromatic carboxylic acids is 1. The molecular formula is C12H10BrNO2. The summed E-state index contributed by atoms with van der Waals surface area (Å²) in [4.78, 5) is 10.9. The Morgan fingerprint density at radius 3 is 2.62 bits per heavy atom. The zero-order chi connectivity index (χ0) is 11.7. The molecule has 0 atom stereocenters. The van der Waals surface area contributed by atoms with Crippen molar-refractivity contribution in [3.8, 4) is 11.1 Å². The Morgan fingerprint density at radius 2 is 2.06 bits per heavy atom. The molecule has 0 radical (unpaired) electrons. The summed E-state index contributed by atoms with van der Waals surface area (Å²) >= 11 is 3.45. The van der Waals surface area contributed by atoms with E-state index in [2.05, 4.69) is 15.9 Å². The minimum absolute atomic E-state index is 0.283. The Labute approximate surface area is 101 Å². The molecule has 1 heterocycles. The van der Waals surface area contributed by atoms with Gasteiger partial charge in [0.05, 0.1) is 0 Å². The first-order chi connectivity index (χ1) is 7.59. The molecule has 0 aliphatic heterocycles. The number of halogens is 1. The van der Waals surface area contributed by atoms with Gasteiger partial charge in [0.1, 0.15) is 5.69 Å². The van der Waals surface area contributed by atoms with E-state index in [9.17, 15) is 4.79 Å². The first kappa shape index (κ1) is 11.0. The Kier molecular flexibility index (Phi) is 2.83. The van der Waals surface area contributed by atoms with Crippen LogP contribution in [-0.4, -0.2) is 15.6 Å². The van der Waals surface area contributed by atoms with Crippen LogP contribution in [0.4, 0.5) is 0 Å². The molecule has 1 aromatic heterocycles. The summed E-state index contributed by atoms with van der Waals surface area (Å²) in [7, 11) is 1.73. The van der Waals surface area contributed by atoms with Gasteiger partial charge in [0, 0.05) is 23.3 Å². The van der Waals surface area contributed by atoms with Gasteiger partial charge in [0.2, 0.25) is 0 Å². The molecule has 1 N–H and O–H groups in total. The average Bonchev–Trinajstić information content (AvgIpc) is 2.61. The van der Waals surface area contributed by atoms with Crippen LogP contribution in [0.1, 0.15) is 10.5 Å². The minimum atomic E-state index is -0.916. The lowest BCUT2D eigenvalue weighted by molar-refractivity contribution is 0.0686. The van der Waals surface area contributed by atoms with Crippen LogP contribution in [0, 0.1) is 0 Å². The summed E-state index contributed by atoms with van der Waals surface area (Å²) in [6.07, 6.45) is 1.81. The van der Waals surface area contributed by atoms with E-state index in [1.54, 1.807) is 17.7 Å². The monoisotopic (exact) mass is 279 g/mol. The molecule has 2 aromatic rings. The second kappa shape index (κ2) is 4.14.